The molecule has 1 aromatic rings. The minimum Gasteiger partial charge on any atom is -0.303 e. The number of benzene rings is 1. The van der Waals surface area contributed by atoms with Crippen molar-refractivity contribution in [3.63, 3.8) is 0 Å². The number of rotatable bonds is 3. The zero-order chi connectivity index (χ0) is 14.8. The predicted octanol–water partition coefficient (Wildman–Crippen LogP) is 5.36. The fourth-order valence-electron chi connectivity index (χ4n) is 3.40. The lowest BCUT2D eigenvalue weighted by atomic mass is 10.0. The number of hydrogen-bond acceptors (Lipinski definition) is 1. The Morgan fingerprint density at radius 1 is 0.810 bits per heavy atom. The van der Waals surface area contributed by atoms with Gasteiger partial charge in [0, 0.05) is 6.54 Å². The van der Waals surface area contributed by atoms with Crippen molar-refractivity contribution in [3.8, 4) is 0 Å². The van der Waals surface area contributed by atoms with E-state index in [1.165, 1.54) is 95.0 Å². The molecule has 1 heterocycles. The first-order valence-corrected chi connectivity index (χ1v) is 9.12. The lowest BCUT2D eigenvalue weighted by Gasteiger charge is -2.23. The molecule has 1 aromatic carbocycles. The summed E-state index contributed by atoms with van der Waals surface area (Å²) < 4.78 is 0. The Morgan fingerprint density at radius 3 is 1.95 bits per heavy atom. The molecule has 1 fully saturated rings. The van der Waals surface area contributed by atoms with Crippen LogP contribution in [0.5, 0.6) is 0 Å². The van der Waals surface area contributed by atoms with Crippen LogP contribution in [0.4, 0.5) is 0 Å². The van der Waals surface area contributed by atoms with Crippen LogP contribution in [-0.2, 0) is 6.42 Å². The fourth-order valence-corrected chi connectivity index (χ4v) is 3.40. The van der Waals surface area contributed by atoms with Crippen LogP contribution >= 0.6 is 0 Å². The summed E-state index contributed by atoms with van der Waals surface area (Å²) in [5, 5.41) is 0. The van der Waals surface area contributed by atoms with Crippen molar-refractivity contribution in [2.24, 2.45) is 0 Å². The third-order valence-electron chi connectivity index (χ3n) is 4.75. The van der Waals surface area contributed by atoms with Crippen LogP contribution in [0, 0.1) is 6.92 Å². The van der Waals surface area contributed by atoms with E-state index in [0.29, 0.717) is 0 Å². The van der Waals surface area contributed by atoms with E-state index in [1.807, 2.05) is 0 Å². The third kappa shape index (κ3) is 7.13. The molecule has 1 aliphatic heterocycles. The molecule has 0 unspecified atom stereocenters. The average molecular weight is 287 g/mol. The fraction of sp³-hybridized carbons (Fsp3) is 0.700. The van der Waals surface area contributed by atoms with E-state index in [-0.39, 0.29) is 0 Å². The van der Waals surface area contributed by atoms with E-state index in [0.717, 1.165) is 0 Å². The number of hydrogen-bond donors (Lipinski definition) is 0. The molecule has 1 aliphatic rings. The maximum Gasteiger partial charge on any atom is 0.00218 e. The van der Waals surface area contributed by atoms with Crippen molar-refractivity contribution >= 4 is 0 Å². The molecule has 0 aliphatic carbocycles. The van der Waals surface area contributed by atoms with Gasteiger partial charge in [0.2, 0.25) is 0 Å². The van der Waals surface area contributed by atoms with Gasteiger partial charge in [0.25, 0.3) is 0 Å². The Labute approximate surface area is 131 Å². The van der Waals surface area contributed by atoms with Gasteiger partial charge in [-0.1, -0.05) is 74.8 Å². The Hall–Kier alpha value is -0.820. The van der Waals surface area contributed by atoms with Crippen molar-refractivity contribution in [3.05, 3.63) is 35.4 Å². The summed E-state index contributed by atoms with van der Waals surface area (Å²) in [5.74, 6) is 0. The molecule has 0 atom stereocenters. The summed E-state index contributed by atoms with van der Waals surface area (Å²) in [6.45, 7) is 6.06. The maximum atomic E-state index is 2.71. The predicted molar refractivity (Wildman–Crippen MR) is 92.9 cm³/mol. The van der Waals surface area contributed by atoms with Gasteiger partial charge in [0.1, 0.15) is 0 Å². The van der Waals surface area contributed by atoms with E-state index in [1.54, 1.807) is 0 Å². The first-order chi connectivity index (χ1) is 10.3. The first-order valence-electron chi connectivity index (χ1n) is 9.12. The molecule has 0 N–H and O–H groups in total. The van der Waals surface area contributed by atoms with Gasteiger partial charge in [-0.25, -0.2) is 0 Å². The van der Waals surface area contributed by atoms with Gasteiger partial charge in [-0.05, 0) is 44.8 Å². The summed E-state index contributed by atoms with van der Waals surface area (Å²) in [5.41, 5.74) is 2.89. The molecule has 1 heteroatoms. The molecule has 0 bridgehead atoms. The highest BCUT2D eigenvalue weighted by Gasteiger charge is 2.06. The SMILES string of the molecule is Cc1cccc(CCN2CCCCCCCCCCC2)c1. The normalized spacial score (nSPS) is 19.7. The van der Waals surface area contributed by atoms with Gasteiger partial charge >= 0.3 is 0 Å². The highest BCUT2D eigenvalue weighted by Crippen LogP contribution is 2.13. The van der Waals surface area contributed by atoms with Crippen LogP contribution in [0.2, 0.25) is 0 Å². The zero-order valence-corrected chi connectivity index (χ0v) is 13.9. The van der Waals surface area contributed by atoms with Gasteiger partial charge in [-0.2, -0.15) is 0 Å². The van der Waals surface area contributed by atoms with Gasteiger partial charge < -0.3 is 4.90 Å². The van der Waals surface area contributed by atoms with Crippen LogP contribution < -0.4 is 0 Å². The molecule has 118 valence electrons. The lowest BCUT2D eigenvalue weighted by Crippen LogP contribution is -2.28. The van der Waals surface area contributed by atoms with Gasteiger partial charge in [-0.15, -0.1) is 0 Å². The first kappa shape index (κ1) is 16.5. The molecule has 0 saturated carbocycles. The average Bonchev–Trinajstić information content (AvgIpc) is 2.47. The maximum absolute atomic E-state index is 2.71. The smallest absolute Gasteiger partial charge is 0.00218 e. The van der Waals surface area contributed by atoms with E-state index >= 15 is 0 Å². The Bertz CT molecular complexity index is 373. The van der Waals surface area contributed by atoms with Crippen molar-refractivity contribution in [2.45, 2.75) is 71.1 Å². The van der Waals surface area contributed by atoms with Crippen molar-refractivity contribution < 1.29 is 0 Å². The summed E-state index contributed by atoms with van der Waals surface area (Å²) in [6, 6.07) is 9.01. The highest BCUT2D eigenvalue weighted by atomic mass is 15.1. The molecule has 0 aromatic heterocycles. The van der Waals surface area contributed by atoms with Crippen molar-refractivity contribution in [1.82, 2.24) is 4.90 Å². The van der Waals surface area contributed by atoms with Crippen LogP contribution in [0.3, 0.4) is 0 Å². The molecule has 2 rings (SSSR count). The second-order valence-corrected chi connectivity index (χ2v) is 6.76. The van der Waals surface area contributed by atoms with E-state index < -0.39 is 0 Å². The molecule has 1 saturated heterocycles. The largest absolute Gasteiger partial charge is 0.303 e. The summed E-state index contributed by atoms with van der Waals surface area (Å²) in [7, 11) is 0. The Kier molecular flexibility index (Phi) is 7.88. The van der Waals surface area contributed by atoms with Gasteiger partial charge in [-0.3, -0.25) is 0 Å². The minimum absolute atomic E-state index is 1.21. The lowest BCUT2D eigenvalue weighted by molar-refractivity contribution is 0.261. The quantitative estimate of drug-likeness (QED) is 0.723. The zero-order valence-electron chi connectivity index (χ0n) is 13.9. The molecular formula is C20H33N. The molecule has 1 nitrogen and oxygen atoms in total. The molecule has 0 amide bonds. The molecule has 21 heavy (non-hydrogen) atoms. The number of nitrogens with zero attached hydrogens (tertiary/aromatic N) is 1. The van der Waals surface area contributed by atoms with Crippen LogP contribution in [-0.4, -0.2) is 24.5 Å². The van der Waals surface area contributed by atoms with E-state index in [4.69, 9.17) is 0 Å². The second kappa shape index (κ2) is 10.00. The van der Waals surface area contributed by atoms with E-state index in [2.05, 4.69) is 36.1 Å². The number of aryl methyl sites for hydroxylation is 1. The Balaban J connectivity index is 1.77. The van der Waals surface area contributed by atoms with Crippen molar-refractivity contribution in [1.29, 1.82) is 0 Å². The van der Waals surface area contributed by atoms with Crippen molar-refractivity contribution in [2.75, 3.05) is 19.6 Å². The molecular weight excluding hydrogens is 254 g/mol. The van der Waals surface area contributed by atoms with Gasteiger partial charge in [0.15, 0.2) is 0 Å². The standard InChI is InChI=1S/C20H33N/c1-19-12-11-13-20(18-19)14-17-21-15-9-7-5-3-2-4-6-8-10-16-21/h11-13,18H,2-10,14-17H2,1H3. The Morgan fingerprint density at radius 2 is 1.38 bits per heavy atom. The molecule has 0 radical (unpaired) electrons. The van der Waals surface area contributed by atoms with Crippen LogP contribution in [0.25, 0.3) is 0 Å². The summed E-state index contributed by atoms with van der Waals surface area (Å²) in [4.78, 5) is 2.71. The van der Waals surface area contributed by atoms with Gasteiger partial charge in [0.05, 0.1) is 0 Å². The summed E-state index contributed by atoms with van der Waals surface area (Å²) in [6.07, 6.45) is 14.2. The molecule has 0 spiro atoms. The summed E-state index contributed by atoms with van der Waals surface area (Å²) >= 11 is 0. The van der Waals surface area contributed by atoms with E-state index in [9.17, 15) is 0 Å². The second-order valence-electron chi connectivity index (χ2n) is 6.76. The highest BCUT2D eigenvalue weighted by molar-refractivity contribution is 5.22. The third-order valence-corrected chi connectivity index (χ3v) is 4.75. The van der Waals surface area contributed by atoms with Crippen LogP contribution in [0.1, 0.15) is 68.9 Å². The minimum atomic E-state index is 1.21. The monoisotopic (exact) mass is 287 g/mol. The topological polar surface area (TPSA) is 3.24 Å². The van der Waals surface area contributed by atoms with Crippen LogP contribution in [0.15, 0.2) is 24.3 Å².